The van der Waals surface area contributed by atoms with E-state index in [1.165, 1.54) is 0 Å². The summed E-state index contributed by atoms with van der Waals surface area (Å²) < 4.78 is 1.87. The fourth-order valence-corrected chi connectivity index (χ4v) is 2.67. The van der Waals surface area contributed by atoms with E-state index in [-0.39, 0.29) is 5.91 Å². The molecule has 0 spiro atoms. The van der Waals surface area contributed by atoms with Gasteiger partial charge in [-0.25, -0.2) is 10.1 Å². The Morgan fingerprint density at radius 2 is 1.84 bits per heavy atom. The van der Waals surface area contributed by atoms with Crippen molar-refractivity contribution in [3.05, 3.63) is 82.7 Å². The zero-order valence-corrected chi connectivity index (χ0v) is 14.5. The average Bonchev–Trinajstić information content (AvgIpc) is 2.90. The van der Waals surface area contributed by atoms with Gasteiger partial charge >= 0.3 is 0 Å². The van der Waals surface area contributed by atoms with Crippen LogP contribution in [0.3, 0.4) is 0 Å². The molecule has 0 unspecified atom stereocenters. The maximum Gasteiger partial charge on any atom is 0.271 e. The molecular weight excluding hydrogens is 312 g/mol. The lowest BCUT2D eigenvalue weighted by Gasteiger charge is -2.03. The summed E-state index contributed by atoms with van der Waals surface area (Å²) in [7, 11) is 0. The van der Waals surface area contributed by atoms with Gasteiger partial charge in [0.15, 0.2) is 0 Å². The Labute approximate surface area is 147 Å². The van der Waals surface area contributed by atoms with E-state index in [2.05, 4.69) is 15.6 Å². The van der Waals surface area contributed by atoms with Crippen LogP contribution in [0.4, 0.5) is 0 Å². The van der Waals surface area contributed by atoms with Crippen LogP contribution in [-0.4, -0.2) is 21.9 Å². The molecule has 25 heavy (non-hydrogen) atoms. The zero-order chi connectivity index (χ0) is 17.8. The van der Waals surface area contributed by atoms with Crippen LogP contribution >= 0.6 is 0 Å². The molecule has 0 radical (unpaired) electrons. The molecule has 0 aliphatic heterocycles. The molecule has 2 aromatic carbocycles. The molecule has 0 fully saturated rings. The Kier molecular flexibility index (Phi) is 4.75. The molecule has 0 atom stereocenters. The van der Waals surface area contributed by atoms with Crippen molar-refractivity contribution >= 4 is 12.1 Å². The number of amides is 1. The van der Waals surface area contributed by atoms with Crippen molar-refractivity contribution in [3.63, 3.8) is 0 Å². The minimum absolute atomic E-state index is 0.231. The van der Waals surface area contributed by atoms with Gasteiger partial charge in [-0.15, -0.1) is 0 Å². The van der Waals surface area contributed by atoms with Crippen LogP contribution in [0.25, 0.3) is 5.69 Å². The molecule has 0 saturated carbocycles. The maximum atomic E-state index is 12.1. The number of carbonyl (C=O) groups is 1. The number of hydrazone groups is 1. The van der Waals surface area contributed by atoms with Crippen molar-refractivity contribution in [1.82, 2.24) is 15.2 Å². The van der Waals surface area contributed by atoms with E-state index in [4.69, 9.17) is 0 Å². The highest BCUT2D eigenvalue weighted by atomic mass is 16.2. The van der Waals surface area contributed by atoms with Gasteiger partial charge in [0.1, 0.15) is 0 Å². The topological polar surface area (TPSA) is 59.3 Å². The van der Waals surface area contributed by atoms with Crippen molar-refractivity contribution in [3.8, 4) is 5.69 Å². The van der Waals surface area contributed by atoms with Crippen LogP contribution < -0.4 is 5.43 Å². The third-order valence-electron chi connectivity index (χ3n) is 3.99. The number of hydrogen-bond donors (Lipinski definition) is 1. The van der Waals surface area contributed by atoms with Gasteiger partial charge in [0.25, 0.3) is 5.91 Å². The number of aryl methyl sites for hydroxylation is 2. The van der Waals surface area contributed by atoms with Crippen molar-refractivity contribution in [2.45, 2.75) is 20.8 Å². The SMILES string of the molecule is Cc1cccc(C(=O)N/N=C/c2c(C)nn(-c3ccccc3)c2C)c1. The molecule has 0 bridgehead atoms. The second-order valence-electron chi connectivity index (χ2n) is 5.90. The average molecular weight is 332 g/mol. The molecule has 126 valence electrons. The molecule has 5 nitrogen and oxygen atoms in total. The van der Waals surface area contributed by atoms with E-state index in [9.17, 15) is 4.79 Å². The lowest BCUT2D eigenvalue weighted by molar-refractivity contribution is 0.0955. The smallest absolute Gasteiger partial charge is 0.267 e. The van der Waals surface area contributed by atoms with Crippen LogP contribution in [0.1, 0.15) is 32.9 Å². The molecule has 1 amide bonds. The van der Waals surface area contributed by atoms with E-state index in [0.717, 1.165) is 28.2 Å². The fraction of sp³-hybridized carbons (Fsp3) is 0.150. The van der Waals surface area contributed by atoms with E-state index in [1.54, 1.807) is 12.3 Å². The summed E-state index contributed by atoms with van der Waals surface area (Å²) in [6.07, 6.45) is 1.64. The normalized spacial score (nSPS) is 11.0. The lowest BCUT2D eigenvalue weighted by Crippen LogP contribution is -2.17. The van der Waals surface area contributed by atoms with Gasteiger partial charge in [-0.05, 0) is 45.0 Å². The molecule has 1 heterocycles. The summed E-state index contributed by atoms with van der Waals surface area (Å²) in [4.78, 5) is 12.1. The van der Waals surface area contributed by atoms with Gasteiger partial charge in [0.05, 0.1) is 23.3 Å². The largest absolute Gasteiger partial charge is 0.271 e. The standard InChI is InChI=1S/C20H20N4O/c1-14-8-7-9-17(12-14)20(25)22-21-13-19-15(2)23-24(16(19)3)18-10-5-4-6-11-18/h4-13H,1-3H3,(H,22,25)/b21-13+. The second kappa shape index (κ2) is 7.13. The van der Waals surface area contributed by atoms with Crippen LogP contribution in [0.15, 0.2) is 59.7 Å². The predicted molar refractivity (Wildman–Crippen MR) is 99.3 cm³/mol. The zero-order valence-electron chi connectivity index (χ0n) is 14.5. The number of aromatic nitrogens is 2. The summed E-state index contributed by atoms with van der Waals surface area (Å²) in [5.41, 5.74) is 7.91. The second-order valence-corrected chi connectivity index (χ2v) is 5.90. The summed E-state index contributed by atoms with van der Waals surface area (Å²) in [5.74, 6) is -0.231. The number of benzene rings is 2. The van der Waals surface area contributed by atoms with Crippen LogP contribution in [0.5, 0.6) is 0 Å². The van der Waals surface area contributed by atoms with Crippen molar-refractivity contribution in [1.29, 1.82) is 0 Å². The first kappa shape index (κ1) is 16.6. The fourth-order valence-electron chi connectivity index (χ4n) is 2.67. The van der Waals surface area contributed by atoms with Crippen LogP contribution in [-0.2, 0) is 0 Å². The van der Waals surface area contributed by atoms with Gasteiger partial charge in [-0.1, -0.05) is 35.9 Å². The first-order valence-electron chi connectivity index (χ1n) is 8.08. The Morgan fingerprint density at radius 3 is 2.56 bits per heavy atom. The van der Waals surface area contributed by atoms with Gasteiger partial charge in [-0.2, -0.15) is 10.2 Å². The molecule has 1 aromatic heterocycles. The monoisotopic (exact) mass is 332 g/mol. The summed E-state index contributed by atoms with van der Waals surface area (Å²) in [6.45, 7) is 5.86. The highest BCUT2D eigenvalue weighted by Crippen LogP contribution is 2.16. The van der Waals surface area contributed by atoms with Gasteiger partial charge in [0, 0.05) is 11.1 Å². The third-order valence-corrected chi connectivity index (χ3v) is 3.99. The summed E-state index contributed by atoms with van der Waals surface area (Å²) in [6, 6.07) is 17.3. The van der Waals surface area contributed by atoms with Gasteiger partial charge in [0.2, 0.25) is 0 Å². The molecule has 3 rings (SSSR count). The molecule has 0 aliphatic carbocycles. The molecular formula is C20H20N4O. The Hall–Kier alpha value is -3.21. The molecule has 0 saturated heterocycles. The number of carbonyl (C=O) groups excluding carboxylic acids is 1. The Bertz CT molecular complexity index is 926. The highest BCUT2D eigenvalue weighted by Gasteiger charge is 2.11. The van der Waals surface area contributed by atoms with Crippen molar-refractivity contribution in [2.75, 3.05) is 0 Å². The first-order valence-corrected chi connectivity index (χ1v) is 8.08. The highest BCUT2D eigenvalue weighted by molar-refractivity contribution is 5.95. The maximum absolute atomic E-state index is 12.1. The minimum Gasteiger partial charge on any atom is -0.267 e. The van der Waals surface area contributed by atoms with E-state index in [1.807, 2.05) is 74.0 Å². The number of para-hydroxylation sites is 1. The summed E-state index contributed by atoms with van der Waals surface area (Å²) >= 11 is 0. The van der Waals surface area contributed by atoms with Crippen LogP contribution in [0.2, 0.25) is 0 Å². The van der Waals surface area contributed by atoms with E-state index < -0.39 is 0 Å². The number of rotatable bonds is 4. The van der Waals surface area contributed by atoms with Gasteiger partial charge in [-0.3, -0.25) is 4.79 Å². The molecule has 0 aliphatic rings. The first-order chi connectivity index (χ1) is 12.1. The molecule has 3 aromatic rings. The quantitative estimate of drug-likeness (QED) is 0.586. The Morgan fingerprint density at radius 1 is 1.08 bits per heavy atom. The lowest BCUT2D eigenvalue weighted by atomic mass is 10.1. The molecule has 1 N–H and O–H groups in total. The Balaban J connectivity index is 1.78. The minimum atomic E-state index is -0.231. The van der Waals surface area contributed by atoms with E-state index in [0.29, 0.717) is 5.56 Å². The van der Waals surface area contributed by atoms with Crippen LogP contribution in [0, 0.1) is 20.8 Å². The van der Waals surface area contributed by atoms with Gasteiger partial charge < -0.3 is 0 Å². The predicted octanol–water partition coefficient (Wildman–Crippen LogP) is 3.56. The number of nitrogens with zero attached hydrogens (tertiary/aromatic N) is 3. The van der Waals surface area contributed by atoms with Crippen molar-refractivity contribution in [2.24, 2.45) is 5.10 Å². The van der Waals surface area contributed by atoms with Crippen molar-refractivity contribution < 1.29 is 4.79 Å². The summed E-state index contributed by atoms with van der Waals surface area (Å²) in [5, 5.41) is 8.66. The third kappa shape index (κ3) is 3.66. The number of nitrogens with one attached hydrogen (secondary N) is 1. The number of hydrogen-bond acceptors (Lipinski definition) is 3. The van der Waals surface area contributed by atoms with E-state index >= 15 is 0 Å². The molecule has 5 heteroatoms.